The molecular formula is C46H74NO10P. The Morgan fingerprint density at radius 2 is 0.966 bits per heavy atom. The summed E-state index contributed by atoms with van der Waals surface area (Å²) in [6.45, 7) is 2.56. The van der Waals surface area contributed by atoms with Gasteiger partial charge in [-0.05, 0) is 96.3 Å². The van der Waals surface area contributed by atoms with Crippen molar-refractivity contribution in [1.29, 1.82) is 0 Å². The highest BCUT2D eigenvalue weighted by molar-refractivity contribution is 7.47. The first-order valence-corrected chi connectivity index (χ1v) is 22.8. The number of unbranched alkanes of at least 4 members (excludes halogenated alkanes) is 8. The Balaban J connectivity index is 4.53. The molecule has 0 fully saturated rings. The normalized spacial score (nSPS) is 14.7. The van der Waals surface area contributed by atoms with Crippen LogP contribution in [0.5, 0.6) is 0 Å². The Morgan fingerprint density at radius 3 is 1.45 bits per heavy atom. The summed E-state index contributed by atoms with van der Waals surface area (Å²) in [6, 6.07) is -1.54. The smallest absolute Gasteiger partial charge is 0.472 e. The number of hydrogen-bond donors (Lipinski definition) is 3. The number of carboxylic acids is 1. The molecule has 4 N–H and O–H groups in total. The molecule has 11 nitrogen and oxygen atoms in total. The van der Waals surface area contributed by atoms with E-state index in [-0.39, 0.29) is 19.4 Å². The van der Waals surface area contributed by atoms with Gasteiger partial charge in [-0.3, -0.25) is 23.4 Å². The SMILES string of the molecule is CC/C=C/C/C=C/C/C=C/C/C=C/CCCCC(=O)OC[C@H](COP(=O)(O)OC[C@H](N)C(=O)O)OC(=O)CCCCC/C=C/C/C=C/C/C=C/C/C=C/CCCCC. The fraction of sp³-hybridized carbons (Fsp3) is 0.587. The standard InChI is InChI=1S/C46H74NO10P/c1-3-5-7-9-11-13-15-17-19-20-21-22-24-26-28-30-32-34-36-38-45(49)57-42(40-55-58(52,53)56-41-43(47)46(50)51)39-54-44(48)37-35-33-31-29-27-25-23-18-16-14-12-10-8-6-4-2/h6,8,11-14,17-19,21-23,26-29,42-43H,3-5,7,9-10,15-16,20,24-25,30-41,47H2,1-2H3,(H,50,51)(H,52,53)/b8-6+,13-11+,14-12+,19-17+,22-21+,23-18+,28-26+,29-27+/t42-,43+/m1/s1. The van der Waals surface area contributed by atoms with Gasteiger partial charge in [0.2, 0.25) is 0 Å². The van der Waals surface area contributed by atoms with Gasteiger partial charge in [0.15, 0.2) is 6.10 Å². The highest BCUT2D eigenvalue weighted by Crippen LogP contribution is 2.43. The van der Waals surface area contributed by atoms with E-state index in [1.54, 1.807) is 0 Å². The molecule has 1 unspecified atom stereocenters. The summed E-state index contributed by atoms with van der Waals surface area (Å²) in [5, 5.41) is 8.88. The second-order valence-corrected chi connectivity index (χ2v) is 15.2. The Hall–Kier alpha value is -3.60. The van der Waals surface area contributed by atoms with Crippen molar-refractivity contribution < 1.29 is 47.5 Å². The maximum absolute atomic E-state index is 12.6. The molecule has 0 radical (unpaired) electrons. The predicted octanol–water partition coefficient (Wildman–Crippen LogP) is 11.3. The van der Waals surface area contributed by atoms with Crippen LogP contribution >= 0.6 is 7.82 Å². The molecule has 3 atom stereocenters. The number of aliphatic carboxylic acids is 1. The van der Waals surface area contributed by atoms with Crippen LogP contribution in [0, 0.1) is 0 Å². The number of nitrogens with two attached hydrogens (primary N) is 1. The first-order valence-electron chi connectivity index (χ1n) is 21.3. The molecule has 0 heterocycles. The first-order chi connectivity index (χ1) is 28.1. The fourth-order valence-electron chi connectivity index (χ4n) is 4.98. The number of phosphoric ester groups is 1. The summed E-state index contributed by atoms with van der Waals surface area (Å²) >= 11 is 0. The first kappa shape index (κ1) is 54.4. The van der Waals surface area contributed by atoms with E-state index in [1.165, 1.54) is 25.7 Å². The van der Waals surface area contributed by atoms with E-state index in [1.807, 2.05) is 0 Å². The van der Waals surface area contributed by atoms with Crippen LogP contribution in [-0.2, 0) is 37.5 Å². The molecule has 0 saturated carbocycles. The molecule has 58 heavy (non-hydrogen) atoms. The van der Waals surface area contributed by atoms with Crippen molar-refractivity contribution >= 4 is 25.7 Å². The largest absolute Gasteiger partial charge is 0.480 e. The van der Waals surface area contributed by atoms with Crippen LogP contribution in [0.25, 0.3) is 0 Å². The van der Waals surface area contributed by atoms with Crippen LogP contribution < -0.4 is 5.73 Å². The highest BCUT2D eigenvalue weighted by atomic mass is 31.2. The van der Waals surface area contributed by atoms with Gasteiger partial charge in [-0.2, -0.15) is 0 Å². The molecule has 0 aliphatic rings. The number of ether oxygens (including phenoxy) is 2. The van der Waals surface area contributed by atoms with Crippen molar-refractivity contribution in [2.75, 3.05) is 19.8 Å². The summed E-state index contributed by atoms with van der Waals surface area (Å²) < 4.78 is 32.6. The number of phosphoric acid groups is 1. The van der Waals surface area contributed by atoms with Crippen LogP contribution in [0.4, 0.5) is 0 Å². The van der Waals surface area contributed by atoms with Crippen LogP contribution in [0.1, 0.15) is 142 Å². The molecule has 0 amide bonds. The third kappa shape index (κ3) is 39.2. The second-order valence-electron chi connectivity index (χ2n) is 13.7. The lowest BCUT2D eigenvalue weighted by Gasteiger charge is -2.20. The Labute approximate surface area is 349 Å². The molecule has 0 aromatic carbocycles. The quantitative estimate of drug-likeness (QED) is 0.0234. The van der Waals surface area contributed by atoms with Crippen molar-refractivity contribution in [3.63, 3.8) is 0 Å². The van der Waals surface area contributed by atoms with Gasteiger partial charge in [-0.25, -0.2) is 4.57 Å². The average molecular weight is 832 g/mol. The van der Waals surface area contributed by atoms with Gasteiger partial charge in [0.25, 0.3) is 0 Å². The molecule has 328 valence electrons. The average Bonchev–Trinajstić information content (AvgIpc) is 3.20. The summed E-state index contributed by atoms with van der Waals surface area (Å²) in [4.78, 5) is 45.9. The van der Waals surface area contributed by atoms with E-state index >= 15 is 0 Å². The van der Waals surface area contributed by atoms with Crippen LogP contribution in [-0.4, -0.2) is 59.9 Å². The minimum absolute atomic E-state index is 0.108. The van der Waals surface area contributed by atoms with Gasteiger partial charge in [0, 0.05) is 12.8 Å². The van der Waals surface area contributed by atoms with Gasteiger partial charge in [0.1, 0.15) is 12.6 Å². The molecule has 0 aliphatic heterocycles. The van der Waals surface area contributed by atoms with Crippen molar-refractivity contribution in [2.24, 2.45) is 5.73 Å². The lowest BCUT2D eigenvalue weighted by atomic mass is 10.1. The number of carboxylic acid groups (broad SMARTS) is 1. The van der Waals surface area contributed by atoms with E-state index in [0.717, 1.165) is 77.0 Å². The third-order valence-electron chi connectivity index (χ3n) is 8.32. The zero-order chi connectivity index (χ0) is 42.8. The molecule has 0 spiro atoms. The summed E-state index contributed by atoms with van der Waals surface area (Å²) in [5.41, 5.74) is 5.32. The highest BCUT2D eigenvalue weighted by Gasteiger charge is 2.28. The van der Waals surface area contributed by atoms with E-state index in [0.29, 0.717) is 12.8 Å². The Morgan fingerprint density at radius 1 is 0.552 bits per heavy atom. The van der Waals surface area contributed by atoms with Crippen molar-refractivity contribution in [2.45, 2.75) is 154 Å². The number of allylic oxidation sites excluding steroid dienone is 16. The van der Waals surface area contributed by atoms with Gasteiger partial charge in [-0.1, -0.05) is 130 Å². The number of rotatable bonds is 38. The monoisotopic (exact) mass is 832 g/mol. The minimum Gasteiger partial charge on any atom is -0.480 e. The zero-order valence-electron chi connectivity index (χ0n) is 35.3. The lowest BCUT2D eigenvalue weighted by molar-refractivity contribution is -0.161. The molecular weight excluding hydrogens is 757 g/mol. The van der Waals surface area contributed by atoms with E-state index in [4.69, 9.17) is 24.8 Å². The molecule has 12 heteroatoms. The van der Waals surface area contributed by atoms with E-state index < -0.39 is 51.1 Å². The number of carbonyl (C=O) groups excluding carboxylic acids is 2. The van der Waals surface area contributed by atoms with Gasteiger partial charge < -0.3 is 25.2 Å². The predicted molar refractivity (Wildman–Crippen MR) is 235 cm³/mol. The number of esters is 2. The van der Waals surface area contributed by atoms with E-state index in [2.05, 4.69) is 116 Å². The van der Waals surface area contributed by atoms with Crippen molar-refractivity contribution in [3.8, 4) is 0 Å². The molecule has 0 aliphatic carbocycles. The number of carbonyl (C=O) groups is 3. The van der Waals surface area contributed by atoms with Crippen LogP contribution in [0.3, 0.4) is 0 Å². The topological polar surface area (TPSA) is 172 Å². The Kier molecular flexibility index (Phi) is 37.7. The Bertz CT molecular complexity index is 1350. The van der Waals surface area contributed by atoms with Crippen LogP contribution in [0.2, 0.25) is 0 Å². The lowest BCUT2D eigenvalue weighted by Crippen LogP contribution is -2.34. The van der Waals surface area contributed by atoms with Gasteiger partial charge in [-0.15, -0.1) is 0 Å². The van der Waals surface area contributed by atoms with Crippen molar-refractivity contribution in [3.05, 3.63) is 97.2 Å². The molecule has 0 bridgehead atoms. The molecule has 0 rings (SSSR count). The van der Waals surface area contributed by atoms with E-state index in [9.17, 15) is 23.8 Å². The maximum Gasteiger partial charge on any atom is 0.472 e. The van der Waals surface area contributed by atoms with Gasteiger partial charge in [0.05, 0.1) is 13.2 Å². The summed E-state index contributed by atoms with van der Waals surface area (Å²) in [6.07, 6.45) is 50.5. The maximum atomic E-state index is 12.6. The summed E-state index contributed by atoms with van der Waals surface area (Å²) in [7, 11) is -4.74. The third-order valence-corrected chi connectivity index (χ3v) is 9.27. The molecule has 0 aromatic heterocycles. The summed E-state index contributed by atoms with van der Waals surface area (Å²) in [5.74, 6) is -2.49. The fourth-order valence-corrected chi connectivity index (χ4v) is 5.76. The van der Waals surface area contributed by atoms with Crippen molar-refractivity contribution in [1.82, 2.24) is 0 Å². The molecule has 0 saturated heterocycles. The zero-order valence-corrected chi connectivity index (χ0v) is 36.2. The second kappa shape index (κ2) is 40.2. The van der Waals surface area contributed by atoms with Crippen LogP contribution in [0.15, 0.2) is 97.2 Å². The van der Waals surface area contributed by atoms with Gasteiger partial charge >= 0.3 is 25.7 Å². The minimum atomic E-state index is -4.74. The number of hydrogen-bond acceptors (Lipinski definition) is 9. The molecule has 0 aromatic rings.